The molecule has 0 nitrogen and oxygen atoms in total. The van der Waals surface area contributed by atoms with E-state index in [4.69, 9.17) is 0 Å². The maximum absolute atomic E-state index is 0. The first-order valence-corrected chi connectivity index (χ1v) is 0. The molecule has 0 aromatic heterocycles. The van der Waals surface area contributed by atoms with Crippen molar-refractivity contribution in [3.63, 3.8) is 0 Å². The molecule has 0 rings (SSSR count). The summed E-state index contributed by atoms with van der Waals surface area (Å²) in [4.78, 5) is 0. The molecule has 4 heteroatoms. The third-order valence-electron chi connectivity index (χ3n) is 0. The van der Waals surface area contributed by atoms with Crippen LogP contribution >= 0.6 is 0 Å². The zero-order valence-electron chi connectivity index (χ0n) is 1.75. The zero-order valence-corrected chi connectivity index (χ0v) is 8.76. The predicted molar refractivity (Wildman–Crippen MR) is 25.6 cm³/mol. The third kappa shape index (κ3) is 8.82. The first-order chi connectivity index (χ1) is 0. The van der Waals surface area contributed by atoms with Crippen LogP contribution in [0.1, 0.15) is 0 Å². The second-order valence-corrected chi connectivity index (χ2v) is 0. The van der Waals surface area contributed by atoms with E-state index in [1.807, 2.05) is 0 Å². The fourth-order valence-electron chi connectivity index (χ4n) is 0. The van der Waals surface area contributed by atoms with Crippen molar-refractivity contribution < 1.29 is 17.1 Å². The molecule has 0 aliphatic rings. The van der Waals surface area contributed by atoms with E-state index in [-0.39, 0.29) is 79.8 Å². The van der Waals surface area contributed by atoms with Gasteiger partial charge in [-0.1, -0.05) is 0 Å². The Hall–Kier alpha value is 2.55. The molecule has 0 aliphatic heterocycles. The minimum absolute atomic E-state index is 0. The van der Waals surface area contributed by atoms with Gasteiger partial charge in [0.1, 0.15) is 0 Å². The van der Waals surface area contributed by atoms with Crippen LogP contribution in [-0.2, 0) is 17.1 Å². The summed E-state index contributed by atoms with van der Waals surface area (Å²) >= 11 is 0. The summed E-state index contributed by atoms with van der Waals surface area (Å²) in [6.07, 6.45) is 0. The first-order valence-electron chi connectivity index (χ1n) is 0. The molecule has 0 heterocycles. The topological polar surface area (TPSA) is 0 Å². The molecular weight excluding hydrogens is 327 g/mol. The Morgan fingerprint density at radius 2 is 1.00 bits per heavy atom. The molecule has 0 amide bonds. The zero-order chi connectivity index (χ0) is 0. The van der Waals surface area contributed by atoms with Crippen molar-refractivity contribution in [3.8, 4) is 0 Å². The molecule has 0 aliphatic carbocycles. The van der Waals surface area contributed by atoms with E-state index in [2.05, 4.69) is 0 Å². The molecule has 0 saturated carbocycles. The average molecular weight is 333 g/mol. The summed E-state index contributed by atoms with van der Waals surface area (Å²) in [7, 11) is 0. The molecule has 29 valence electrons. The van der Waals surface area contributed by atoms with Gasteiger partial charge in [-0.25, -0.2) is 0 Å². The molecule has 0 saturated heterocycles. The second-order valence-electron chi connectivity index (χ2n) is 0. The fourth-order valence-corrected chi connectivity index (χ4v) is 0. The van der Waals surface area contributed by atoms with Crippen LogP contribution in [-0.4, -0.2) is 62.7 Å². The van der Waals surface area contributed by atoms with Gasteiger partial charge in [0.2, 0.25) is 0 Å². The van der Waals surface area contributed by atoms with E-state index >= 15 is 0 Å². The van der Waals surface area contributed by atoms with E-state index in [0.29, 0.717) is 0 Å². The van der Waals surface area contributed by atoms with Gasteiger partial charge in [-0.2, -0.15) is 0 Å². The van der Waals surface area contributed by atoms with Crippen molar-refractivity contribution in [2.24, 2.45) is 0 Å². The van der Waals surface area contributed by atoms with Gasteiger partial charge in [0.25, 0.3) is 0 Å². The number of hydrogen-bond donors (Lipinski definition) is 0. The Balaban J connectivity index is 0. The van der Waals surface area contributed by atoms with Crippen LogP contribution in [0.4, 0.5) is 0 Å². The molecule has 0 atom stereocenters. The van der Waals surface area contributed by atoms with E-state index in [1.54, 1.807) is 0 Å². The van der Waals surface area contributed by atoms with Crippen LogP contribution in [0.15, 0.2) is 0 Å². The van der Waals surface area contributed by atoms with Crippen LogP contribution < -0.4 is 0 Å². The maximum atomic E-state index is 0. The quantitative estimate of drug-likeness (QED) is 0.422. The Bertz CT molecular complexity index is 8.00. The minimum atomic E-state index is 0. The third-order valence-corrected chi connectivity index (χ3v) is 0. The van der Waals surface area contributed by atoms with Crippen LogP contribution in [0.5, 0.6) is 0 Å². The van der Waals surface area contributed by atoms with Crippen molar-refractivity contribution in [2.75, 3.05) is 0 Å². The van der Waals surface area contributed by atoms with Crippen LogP contribution in [0.3, 0.4) is 0 Å². The van der Waals surface area contributed by atoms with Gasteiger partial charge in [0.05, 0.1) is 0 Å². The molecular formula is H6CuGaInSe. The summed E-state index contributed by atoms with van der Waals surface area (Å²) in [5.74, 6) is 0. The molecule has 0 fully saturated rings. The molecule has 0 spiro atoms. The Morgan fingerprint density at radius 1 is 1.00 bits per heavy atom. The monoisotopic (exact) mass is 333 g/mol. The predicted octanol–water partition coefficient (Wildman–Crippen LogP) is -2.75. The Kier molecular flexibility index (Phi) is 137. The van der Waals surface area contributed by atoms with E-state index in [1.165, 1.54) is 0 Å². The van der Waals surface area contributed by atoms with Crippen molar-refractivity contribution in [3.05, 3.63) is 0 Å². The molecule has 0 aromatic rings. The van der Waals surface area contributed by atoms with Gasteiger partial charge in [-0.05, 0) is 0 Å². The van der Waals surface area contributed by atoms with Gasteiger partial charge in [0.15, 0.2) is 0 Å². The normalized spacial score (nSPS) is 0. The molecule has 0 aromatic carbocycles. The fraction of sp³-hybridized carbons (Fsp3) is 0. The van der Waals surface area contributed by atoms with Crippen molar-refractivity contribution in [2.45, 2.75) is 0 Å². The molecule has 4 heavy (non-hydrogen) atoms. The Labute approximate surface area is 78.6 Å². The Morgan fingerprint density at radius 3 is 1.00 bits per heavy atom. The second kappa shape index (κ2) is 17.7. The van der Waals surface area contributed by atoms with Crippen LogP contribution in [0.25, 0.3) is 0 Å². The van der Waals surface area contributed by atoms with Crippen molar-refractivity contribution in [1.82, 2.24) is 0 Å². The van der Waals surface area contributed by atoms with Crippen molar-refractivity contribution >= 4 is 62.7 Å². The van der Waals surface area contributed by atoms with E-state index < -0.39 is 0 Å². The summed E-state index contributed by atoms with van der Waals surface area (Å²) in [5, 5.41) is 0. The van der Waals surface area contributed by atoms with Gasteiger partial charge in [-0.15, -0.1) is 0 Å². The van der Waals surface area contributed by atoms with Crippen LogP contribution in [0.2, 0.25) is 0 Å². The average Bonchev–Trinajstić information content (AvgIpc) is 0. The summed E-state index contributed by atoms with van der Waals surface area (Å²) in [5.41, 5.74) is 0. The van der Waals surface area contributed by atoms with Crippen LogP contribution in [0, 0.1) is 0 Å². The first kappa shape index (κ1) is 31.1. The molecule has 3 radical (unpaired) electrons. The number of rotatable bonds is 0. The van der Waals surface area contributed by atoms with E-state index in [0.717, 1.165) is 0 Å². The van der Waals surface area contributed by atoms with E-state index in [9.17, 15) is 0 Å². The van der Waals surface area contributed by atoms with Gasteiger partial charge < -0.3 is 0 Å². The number of hydrogen-bond acceptors (Lipinski definition) is 0. The molecule has 0 unspecified atom stereocenters. The molecule has 0 bridgehead atoms. The van der Waals surface area contributed by atoms with Gasteiger partial charge >= 0.3 is 62.7 Å². The SMILES string of the molecule is [Cu].[GaH2].[InH3].[SeH]. The van der Waals surface area contributed by atoms with Crippen molar-refractivity contribution in [1.29, 1.82) is 0 Å². The standard InChI is InChI=1S/Cu.Ga.In.HSe.5H/h;;;1H;;;;;. The molecule has 0 N–H and O–H groups in total. The summed E-state index contributed by atoms with van der Waals surface area (Å²) in [6.45, 7) is 0. The summed E-state index contributed by atoms with van der Waals surface area (Å²) < 4.78 is 0. The van der Waals surface area contributed by atoms with Gasteiger partial charge in [0, 0.05) is 17.1 Å². The van der Waals surface area contributed by atoms with Gasteiger partial charge in [-0.3, -0.25) is 0 Å². The summed E-state index contributed by atoms with van der Waals surface area (Å²) in [6, 6.07) is 0.